The largest absolute Gasteiger partial charge is 0.244 e. The molecule has 2 rings (SSSR count). The van der Waals surface area contributed by atoms with E-state index in [0.29, 0.717) is 18.4 Å². The SMILES string of the molecule is F[C@@H]1CCc2ccccc2[C@@H]1F. The molecule has 0 N–H and O–H groups in total. The molecular formula is C10H10F2. The lowest BCUT2D eigenvalue weighted by atomic mass is 9.89. The summed E-state index contributed by atoms with van der Waals surface area (Å²) in [4.78, 5) is 0. The second-order valence-electron chi connectivity index (χ2n) is 3.16. The lowest BCUT2D eigenvalue weighted by Crippen LogP contribution is -2.18. The van der Waals surface area contributed by atoms with Crippen LogP contribution in [0.2, 0.25) is 0 Å². The van der Waals surface area contributed by atoms with E-state index in [-0.39, 0.29) is 0 Å². The fourth-order valence-corrected chi connectivity index (χ4v) is 1.67. The summed E-state index contributed by atoms with van der Waals surface area (Å²) in [6.45, 7) is 0. The Morgan fingerprint density at radius 2 is 1.92 bits per heavy atom. The number of hydrogen-bond acceptors (Lipinski definition) is 0. The van der Waals surface area contributed by atoms with Gasteiger partial charge in [0.25, 0.3) is 0 Å². The van der Waals surface area contributed by atoms with E-state index in [0.717, 1.165) is 5.56 Å². The Balaban J connectivity index is 2.42. The van der Waals surface area contributed by atoms with Gasteiger partial charge >= 0.3 is 0 Å². The van der Waals surface area contributed by atoms with Gasteiger partial charge in [0.2, 0.25) is 0 Å². The Kier molecular flexibility index (Phi) is 1.83. The number of aryl methyl sites for hydroxylation is 1. The normalized spacial score (nSPS) is 28.2. The number of fused-ring (bicyclic) bond motifs is 1. The van der Waals surface area contributed by atoms with Crippen molar-refractivity contribution in [2.75, 3.05) is 0 Å². The van der Waals surface area contributed by atoms with E-state index >= 15 is 0 Å². The molecule has 12 heavy (non-hydrogen) atoms. The summed E-state index contributed by atoms with van der Waals surface area (Å²) >= 11 is 0. The zero-order valence-electron chi connectivity index (χ0n) is 6.63. The van der Waals surface area contributed by atoms with Crippen molar-refractivity contribution in [3.05, 3.63) is 35.4 Å². The smallest absolute Gasteiger partial charge is 0.156 e. The molecule has 0 saturated carbocycles. The van der Waals surface area contributed by atoms with Crippen molar-refractivity contribution in [1.29, 1.82) is 0 Å². The van der Waals surface area contributed by atoms with Crippen LogP contribution in [0, 0.1) is 0 Å². The van der Waals surface area contributed by atoms with Gasteiger partial charge in [-0.1, -0.05) is 24.3 Å². The summed E-state index contributed by atoms with van der Waals surface area (Å²) in [7, 11) is 0. The van der Waals surface area contributed by atoms with E-state index in [4.69, 9.17) is 0 Å². The zero-order chi connectivity index (χ0) is 8.55. The van der Waals surface area contributed by atoms with Crippen molar-refractivity contribution in [1.82, 2.24) is 0 Å². The van der Waals surface area contributed by atoms with Gasteiger partial charge in [-0.05, 0) is 24.0 Å². The topological polar surface area (TPSA) is 0 Å². The van der Waals surface area contributed by atoms with Crippen LogP contribution < -0.4 is 0 Å². The van der Waals surface area contributed by atoms with Gasteiger partial charge in [0.05, 0.1) is 0 Å². The highest BCUT2D eigenvalue weighted by molar-refractivity contribution is 5.32. The minimum absolute atomic E-state index is 0.318. The predicted octanol–water partition coefficient (Wildman–Crippen LogP) is 2.98. The molecule has 0 radical (unpaired) electrons. The molecule has 0 amide bonds. The first kappa shape index (κ1) is 7.71. The molecule has 1 aliphatic rings. The Bertz CT molecular complexity index is 283. The van der Waals surface area contributed by atoms with Crippen LogP contribution in [0.3, 0.4) is 0 Å². The summed E-state index contributed by atoms with van der Waals surface area (Å²) in [6.07, 6.45) is -1.73. The minimum atomic E-state index is -1.41. The average Bonchev–Trinajstić information content (AvgIpc) is 2.12. The molecule has 1 aromatic rings. The molecule has 0 fully saturated rings. The third-order valence-corrected chi connectivity index (χ3v) is 2.36. The monoisotopic (exact) mass is 168 g/mol. The number of rotatable bonds is 0. The number of benzene rings is 1. The number of hydrogen-bond donors (Lipinski definition) is 0. The fraction of sp³-hybridized carbons (Fsp3) is 0.400. The average molecular weight is 168 g/mol. The van der Waals surface area contributed by atoms with Crippen LogP contribution in [0.5, 0.6) is 0 Å². The molecular weight excluding hydrogens is 158 g/mol. The highest BCUT2D eigenvalue weighted by atomic mass is 19.2. The summed E-state index contributed by atoms with van der Waals surface area (Å²) in [5.41, 5.74) is 1.50. The van der Waals surface area contributed by atoms with E-state index in [1.807, 2.05) is 12.1 Å². The molecule has 0 heterocycles. The van der Waals surface area contributed by atoms with Gasteiger partial charge in [0, 0.05) is 0 Å². The van der Waals surface area contributed by atoms with E-state index in [1.165, 1.54) is 0 Å². The maximum atomic E-state index is 13.2. The van der Waals surface area contributed by atoms with E-state index < -0.39 is 12.3 Å². The first-order valence-corrected chi connectivity index (χ1v) is 4.15. The second kappa shape index (κ2) is 2.85. The number of alkyl halides is 2. The van der Waals surface area contributed by atoms with Gasteiger partial charge in [0.15, 0.2) is 6.17 Å². The molecule has 0 nitrogen and oxygen atoms in total. The fourth-order valence-electron chi connectivity index (χ4n) is 1.67. The molecule has 0 saturated heterocycles. The van der Waals surface area contributed by atoms with Crippen LogP contribution in [0.25, 0.3) is 0 Å². The lowest BCUT2D eigenvalue weighted by Gasteiger charge is -2.22. The molecule has 1 aliphatic carbocycles. The molecule has 0 unspecified atom stereocenters. The van der Waals surface area contributed by atoms with Crippen LogP contribution in [-0.2, 0) is 6.42 Å². The maximum absolute atomic E-state index is 13.2. The molecule has 0 aromatic heterocycles. The van der Waals surface area contributed by atoms with Crippen LogP contribution in [0.4, 0.5) is 8.78 Å². The van der Waals surface area contributed by atoms with Crippen LogP contribution in [0.1, 0.15) is 23.7 Å². The summed E-state index contributed by atoms with van der Waals surface area (Å²) < 4.78 is 26.1. The third-order valence-electron chi connectivity index (χ3n) is 2.36. The van der Waals surface area contributed by atoms with Gasteiger partial charge < -0.3 is 0 Å². The number of halogens is 2. The second-order valence-corrected chi connectivity index (χ2v) is 3.16. The van der Waals surface area contributed by atoms with Crippen molar-refractivity contribution in [3.8, 4) is 0 Å². The summed E-state index contributed by atoms with van der Waals surface area (Å²) in [6, 6.07) is 7.16. The van der Waals surface area contributed by atoms with Gasteiger partial charge in [0.1, 0.15) is 6.17 Å². The van der Waals surface area contributed by atoms with Crippen molar-refractivity contribution in [3.63, 3.8) is 0 Å². The quantitative estimate of drug-likeness (QED) is 0.558. The molecule has 2 heteroatoms. The zero-order valence-corrected chi connectivity index (χ0v) is 6.63. The van der Waals surface area contributed by atoms with Gasteiger partial charge in [-0.3, -0.25) is 0 Å². The van der Waals surface area contributed by atoms with Crippen molar-refractivity contribution in [2.24, 2.45) is 0 Å². The highest BCUT2D eigenvalue weighted by Gasteiger charge is 2.28. The van der Waals surface area contributed by atoms with Crippen molar-refractivity contribution < 1.29 is 8.78 Å². The van der Waals surface area contributed by atoms with Crippen LogP contribution in [0.15, 0.2) is 24.3 Å². The van der Waals surface area contributed by atoms with Crippen molar-refractivity contribution >= 4 is 0 Å². The Morgan fingerprint density at radius 3 is 2.75 bits per heavy atom. The van der Waals surface area contributed by atoms with E-state index in [1.54, 1.807) is 12.1 Å². The van der Waals surface area contributed by atoms with Gasteiger partial charge in [-0.15, -0.1) is 0 Å². The van der Waals surface area contributed by atoms with Crippen molar-refractivity contribution in [2.45, 2.75) is 25.2 Å². The van der Waals surface area contributed by atoms with Gasteiger partial charge in [-0.2, -0.15) is 0 Å². The standard InChI is InChI=1S/C10H10F2/c11-9-6-5-7-3-1-2-4-8(7)10(9)12/h1-4,9-10H,5-6H2/t9-,10+/m1/s1. The minimum Gasteiger partial charge on any atom is -0.244 e. The molecule has 2 atom stereocenters. The molecule has 64 valence electrons. The Labute approximate surface area is 70.2 Å². The van der Waals surface area contributed by atoms with Crippen LogP contribution in [-0.4, -0.2) is 6.17 Å². The van der Waals surface area contributed by atoms with E-state index in [9.17, 15) is 8.78 Å². The summed E-state index contributed by atoms with van der Waals surface area (Å²) in [5, 5.41) is 0. The molecule has 0 aliphatic heterocycles. The maximum Gasteiger partial charge on any atom is 0.156 e. The predicted molar refractivity (Wildman–Crippen MR) is 43.5 cm³/mol. The molecule has 1 aromatic carbocycles. The molecule has 0 bridgehead atoms. The Hall–Kier alpha value is -0.920. The van der Waals surface area contributed by atoms with E-state index in [2.05, 4.69) is 0 Å². The lowest BCUT2D eigenvalue weighted by molar-refractivity contribution is 0.148. The first-order chi connectivity index (χ1) is 5.79. The molecule has 0 spiro atoms. The van der Waals surface area contributed by atoms with Gasteiger partial charge in [-0.25, -0.2) is 8.78 Å². The first-order valence-electron chi connectivity index (χ1n) is 4.15. The van der Waals surface area contributed by atoms with Crippen LogP contribution >= 0.6 is 0 Å². The Morgan fingerprint density at radius 1 is 1.17 bits per heavy atom. The summed E-state index contributed by atoms with van der Waals surface area (Å²) in [5.74, 6) is 0. The highest BCUT2D eigenvalue weighted by Crippen LogP contribution is 2.34. The third kappa shape index (κ3) is 1.11.